The van der Waals surface area contributed by atoms with Gasteiger partial charge in [-0.1, -0.05) is 6.92 Å². The van der Waals surface area contributed by atoms with Crippen molar-refractivity contribution in [2.24, 2.45) is 4.99 Å². The van der Waals surface area contributed by atoms with Crippen molar-refractivity contribution in [1.82, 2.24) is 20.5 Å². The Hall–Kier alpha value is -2.08. The molecule has 0 atom stereocenters. The second-order valence-electron chi connectivity index (χ2n) is 5.84. The lowest BCUT2D eigenvalue weighted by molar-refractivity contribution is 0.363. The van der Waals surface area contributed by atoms with Gasteiger partial charge in [0.05, 0.1) is 6.54 Å². The minimum Gasteiger partial charge on any atom is -0.361 e. The Kier molecular flexibility index (Phi) is 7.06. The second kappa shape index (κ2) is 9.27. The van der Waals surface area contributed by atoms with Gasteiger partial charge in [-0.05, 0) is 50.7 Å². The van der Waals surface area contributed by atoms with E-state index in [1.165, 1.54) is 6.07 Å². The highest BCUT2D eigenvalue weighted by molar-refractivity contribution is 5.83. The SMILES string of the molecule is CCNC(=NCCN(C)CC)NCCc1c[nH]c2ccc(F)cc12. The number of fused-ring (bicyclic) bond motifs is 1. The Morgan fingerprint density at radius 3 is 2.88 bits per heavy atom. The van der Waals surface area contributed by atoms with Crippen molar-refractivity contribution in [2.75, 3.05) is 39.8 Å². The number of aromatic nitrogens is 1. The Bertz CT molecular complexity index is 664. The van der Waals surface area contributed by atoms with Crippen LogP contribution in [-0.2, 0) is 6.42 Å². The van der Waals surface area contributed by atoms with Gasteiger partial charge in [-0.2, -0.15) is 0 Å². The van der Waals surface area contributed by atoms with Gasteiger partial charge in [-0.25, -0.2) is 4.39 Å². The fourth-order valence-electron chi connectivity index (χ4n) is 2.51. The molecule has 0 saturated carbocycles. The quantitative estimate of drug-likeness (QED) is 0.513. The summed E-state index contributed by atoms with van der Waals surface area (Å²) in [4.78, 5) is 10.00. The van der Waals surface area contributed by atoms with Crippen LogP contribution in [0.2, 0.25) is 0 Å². The third kappa shape index (κ3) is 5.23. The van der Waals surface area contributed by atoms with Crippen LogP contribution in [0.1, 0.15) is 19.4 Å². The van der Waals surface area contributed by atoms with E-state index in [2.05, 4.69) is 46.4 Å². The molecule has 0 aliphatic carbocycles. The number of nitrogens with one attached hydrogen (secondary N) is 3. The van der Waals surface area contributed by atoms with Gasteiger partial charge in [-0.3, -0.25) is 4.99 Å². The number of hydrogen-bond acceptors (Lipinski definition) is 2. The van der Waals surface area contributed by atoms with Crippen molar-refractivity contribution < 1.29 is 4.39 Å². The zero-order valence-electron chi connectivity index (χ0n) is 14.8. The molecule has 1 aromatic heterocycles. The van der Waals surface area contributed by atoms with Crippen LogP contribution in [-0.4, -0.2) is 55.6 Å². The molecule has 1 heterocycles. The average Bonchev–Trinajstić information content (AvgIpc) is 2.97. The van der Waals surface area contributed by atoms with Gasteiger partial charge in [-0.15, -0.1) is 0 Å². The van der Waals surface area contributed by atoms with Crippen molar-refractivity contribution >= 4 is 16.9 Å². The molecule has 24 heavy (non-hydrogen) atoms. The predicted octanol–water partition coefficient (Wildman–Crippen LogP) is 2.36. The van der Waals surface area contributed by atoms with Crippen molar-refractivity contribution in [3.8, 4) is 0 Å². The fourth-order valence-corrected chi connectivity index (χ4v) is 2.51. The number of likely N-dealkylation sites (N-methyl/N-ethyl adjacent to an activating group) is 1. The number of nitrogens with zero attached hydrogens (tertiary/aromatic N) is 2. The highest BCUT2D eigenvalue weighted by Crippen LogP contribution is 2.19. The number of halogens is 1. The van der Waals surface area contributed by atoms with Crippen LogP contribution in [0, 0.1) is 5.82 Å². The van der Waals surface area contributed by atoms with Gasteiger partial charge in [0.2, 0.25) is 0 Å². The smallest absolute Gasteiger partial charge is 0.191 e. The van der Waals surface area contributed by atoms with Crippen LogP contribution in [0.15, 0.2) is 29.4 Å². The lowest BCUT2D eigenvalue weighted by Gasteiger charge is -2.14. The fraction of sp³-hybridized carbons (Fsp3) is 0.500. The Morgan fingerprint density at radius 1 is 1.29 bits per heavy atom. The first-order chi connectivity index (χ1) is 11.6. The monoisotopic (exact) mass is 333 g/mol. The summed E-state index contributed by atoms with van der Waals surface area (Å²) in [6.45, 7) is 8.49. The Balaban J connectivity index is 1.89. The minimum atomic E-state index is -0.203. The number of aliphatic imine (C=N–C) groups is 1. The van der Waals surface area contributed by atoms with E-state index >= 15 is 0 Å². The molecule has 0 fully saturated rings. The van der Waals surface area contributed by atoms with Gasteiger partial charge in [0.25, 0.3) is 0 Å². The van der Waals surface area contributed by atoms with E-state index in [1.807, 2.05) is 6.20 Å². The number of hydrogen-bond donors (Lipinski definition) is 3. The summed E-state index contributed by atoms with van der Waals surface area (Å²) in [5, 5.41) is 7.54. The molecule has 0 spiro atoms. The lowest BCUT2D eigenvalue weighted by Crippen LogP contribution is -2.38. The third-order valence-corrected chi connectivity index (χ3v) is 4.05. The normalized spacial score (nSPS) is 12.1. The molecule has 0 saturated heterocycles. The largest absolute Gasteiger partial charge is 0.361 e. The number of benzene rings is 1. The molecule has 1 aromatic carbocycles. The molecule has 0 aliphatic heterocycles. The first-order valence-corrected chi connectivity index (χ1v) is 8.60. The Morgan fingerprint density at radius 2 is 2.12 bits per heavy atom. The molecule has 0 amide bonds. The first-order valence-electron chi connectivity index (χ1n) is 8.60. The third-order valence-electron chi connectivity index (χ3n) is 4.05. The van der Waals surface area contributed by atoms with Crippen molar-refractivity contribution in [3.63, 3.8) is 0 Å². The van der Waals surface area contributed by atoms with Crippen molar-refractivity contribution in [3.05, 3.63) is 35.8 Å². The van der Waals surface area contributed by atoms with Gasteiger partial charge in [0.15, 0.2) is 5.96 Å². The lowest BCUT2D eigenvalue weighted by atomic mass is 10.1. The molecule has 0 radical (unpaired) electrons. The maximum Gasteiger partial charge on any atom is 0.191 e. The average molecular weight is 333 g/mol. The van der Waals surface area contributed by atoms with Crippen molar-refractivity contribution in [2.45, 2.75) is 20.3 Å². The summed E-state index contributed by atoms with van der Waals surface area (Å²) in [6, 6.07) is 4.84. The van der Waals surface area contributed by atoms with E-state index in [0.717, 1.165) is 61.6 Å². The highest BCUT2D eigenvalue weighted by atomic mass is 19.1. The molecule has 3 N–H and O–H groups in total. The van der Waals surface area contributed by atoms with Gasteiger partial charge >= 0.3 is 0 Å². The van der Waals surface area contributed by atoms with E-state index in [0.29, 0.717) is 0 Å². The minimum absolute atomic E-state index is 0.203. The molecule has 2 aromatic rings. The highest BCUT2D eigenvalue weighted by Gasteiger charge is 2.05. The molecule has 0 aliphatic rings. The van der Waals surface area contributed by atoms with E-state index in [1.54, 1.807) is 12.1 Å². The summed E-state index contributed by atoms with van der Waals surface area (Å²) >= 11 is 0. The number of H-pyrrole nitrogens is 1. The van der Waals surface area contributed by atoms with E-state index in [-0.39, 0.29) is 5.82 Å². The standard InChI is InChI=1S/C18H28FN5/c1-4-20-18(22-10-11-24(3)5-2)21-9-8-14-13-23-17-7-6-15(19)12-16(14)17/h6-7,12-13,23H,4-5,8-11H2,1-3H3,(H2,20,21,22). The van der Waals surface area contributed by atoms with E-state index in [9.17, 15) is 4.39 Å². The summed E-state index contributed by atoms with van der Waals surface area (Å²) in [5.74, 6) is 0.624. The van der Waals surface area contributed by atoms with E-state index < -0.39 is 0 Å². The van der Waals surface area contributed by atoms with Gasteiger partial charge < -0.3 is 20.5 Å². The first kappa shape index (κ1) is 18.3. The molecular weight excluding hydrogens is 305 g/mol. The maximum atomic E-state index is 13.4. The zero-order chi connectivity index (χ0) is 17.4. The molecular formula is C18H28FN5. The molecule has 132 valence electrons. The summed E-state index contributed by atoms with van der Waals surface area (Å²) < 4.78 is 13.4. The molecule has 5 nitrogen and oxygen atoms in total. The maximum absolute atomic E-state index is 13.4. The van der Waals surface area contributed by atoms with Crippen LogP contribution in [0.5, 0.6) is 0 Å². The Labute approximate surface area is 143 Å². The molecule has 2 rings (SSSR count). The summed E-state index contributed by atoms with van der Waals surface area (Å²) in [5.41, 5.74) is 2.08. The van der Waals surface area contributed by atoms with Gasteiger partial charge in [0.1, 0.15) is 5.82 Å². The van der Waals surface area contributed by atoms with Crippen LogP contribution in [0.3, 0.4) is 0 Å². The molecule has 0 unspecified atom stereocenters. The molecule has 0 bridgehead atoms. The number of guanidine groups is 1. The van der Waals surface area contributed by atoms with Crippen LogP contribution >= 0.6 is 0 Å². The number of rotatable bonds is 8. The van der Waals surface area contributed by atoms with Crippen LogP contribution in [0.25, 0.3) is 10.9 Å². The van der Waals surface area contributed by atoms with Crippen LogP contribution in [0.4, 0.5) is 4.39 Å². The molecule has 6 heteroatoms. The van der Waals surface area contributed by atoms with Crippen molar-refractivity contribution in [1.29, 1.82) is 0 Å². The number of aromatic amines is 1. The zero-order valence-corrected chi connectivity index (χ0v) is 14.8. The summed E-state index contributed by atoms with van der Waals surface area (Å²) in [7, 11) is 2.09. The van der Waals surface area contributed by atoms with E-state index in [4.69, 9.17) is 0 Å². The van der Waals surface area contributed by atoms with Gasteiger partial charge in [0, 0.05) is 36.7 Å². The second-order valence-corrected chi connectivity index (χ2v) is 5.84. The summed E-state index contributed by atoms with van der Waals surface area (Å²) in [6.07, 6.45) is 2.76. The van der Waals surface area contributed by atoms with Crippen LogP contribution < -0.4 is 10.6 Å². The predicted molar refractivity (Wildman–Crippen MR) is 99.1 cm³/mol. The topological polar surface area (TPSA) is 55.5 Å².